The molecule has 1 saturated heterocycles. The molecular weight excluding hydrogens is 412 g/mol. The number of carbonyl (C=O) groups is 1. The van der Waals surface area contributed by atoms with Crippen LogP contribution in [0.5, 0.6) is 0 Å². The van der Waals surface area contributed by atoms with E-state index in [1.54, 1.807) is 6.20 Å². The fourth-order valence-electron chi connectivity index (χ4n) is 3.43. The molecule has 0 unspecified atom stereocenters. The number of amides is 1. The molecule has 1 aromatic heterocycles. The fourth-order valence-corrected chi connectivity index (χ4v) is 4.81. The van der Waals surface area contributed by atoms with Crippen LogP contribution in [0.1, 0.15) is 38.7 Å². The maximum atomic E-state index is 13.1. The van der Waals surface area contributed by atoms with Crippen molar-refractivity contribution in [1.82, 2.24) is 4.98 Å². The highest BCUT2D eigenvalue weighted by Gasteiger charge is 2.43. The lowest BCUT2D eigenvalue weighted by Crippen LogP contribution is -2.50. The Bertz CT molecular complexity index is 690. The summed E-state index contributed by atoms with van der Waals surface area (Å²) in [6.45, 7) is 13.4. The summed E-state index contributed by atoms with van der Waals surface area (Å²) in [5, 5.41) is 0.155. The van der Waals surface area contributed by atoms with E-state index in [1.807, 2.05) is 4.90 Å². The largest absolute Gasteiger partial charge is 0.415 e. The van der Waals surface area contributed by atoms with Gasteiger partial charge >= 0.3 is 0 Å². The summed E-state index contributed by atoms with van der Waals surface area (Å²) in [6, 6.07) is 2.11. The highest BCUT2D eigenvalue weighted by Crippen LogP contribution is 2.43. The maximum absolute atomic E-state index is 13.1. The molecule has 2 aliphatic rings. The molecule has 1 aromatic rings. The molecule has 144 valence electrons. The summed E-state index contributed by atoms with van der Waals surface area (Å²) in [5.74, 6) is 1.00. The number of carbonyl (C=O) groups excluding carboxylic acids is 1. The zero-order valence-corrected chi connectivity index (χ0v) is 18.9. The molecule has 2 aliphatic heterocycles. The maximum Gasteiger partial charge on any atom is 0.234 e. The predicted molar refractivity (Wildman–Crippen MR) is 109 cm³/mol. The van der Waals surface area contributed by atoms with Crippen molar-refractivity contribution in [3.05, 3.63) is 22.3 Å². The third kappa shape index (κ3) is 3.77. The Labute approximate surface area is 165 Å². The van der Waals surface area contributed by atoms with Crippen molar-refractivity contribution in [2.75, 3.05) is 31.3 Å². The number of nitrogens with zero attached hydrogens (tertiary/aromatic N) is 2. The summed E-state index contributed by atoms with van der Waals surface area (Å²) in [4.78, 5) is 19.5. The van der Waals surface area contributed by atoms with Crippen molar-refractivity contribution in [1.29, 1.82) is 0 Å². The van der Waals surface area contributed by atoms with E-state index in [-0.39, 0.29) is 22.8 Å². The first-order valence-corrected chi connectivity index (χ1v) is 13.0. The third-order valence-corrected chi connectivity index (χ3v) is 11.0. The number of aromatic nitrogens is 1. The van der Waals surface area contributed by atoms with Crippen molar-refractivity contribution in [2.24, 2.45) is 5.92 Å². The van der Waals surface area contributed by atoms with Crippen LogP contribution in [0.3, 0.4) is 0 Å². The molecule has 3 rings (SSSR count). The molecule has 5 nitrogen and oxygen atoms in total. The number of rotatable bonds is 4. The highest BCUT2D eigenvalue weighted by atomic mass is 79.9. The molecule has 0 saturated carbocycles. The van der Waals surface area contributed by atoms with Crippen LogP contribution in [0, 0.1) is 5.92 Å². The van der Waals surface area contributed by atoms with E-state index in [0.29, 0.717) is 26.4 Å². The number of hydrogen-bond acceptors (Lipinski definition) is 4. The number of ether oxygens (including phenoxy) is 1. The predicted octanol–water partition coefficient (Wildman–Crippen LogP) is 4.33. The van der Waals surface area contributed by atoms with Crippen LogP contribution in [-0.2, 0) is 14.0 Å². The van der Waals surface area contributed by atoms with Crippen LogP contribution >= 0.6 is 15.9 Å². The van der Waals surface area contributed by atoms with Gasteiger partial charge in [0.25, 0.3) is 0 Å². The minimum atomic E-state index is -1.84. The second-order valence-corrected chi connectivity index (χ2v) is 14.5. The van der Waals surface area contributed by atoms with Crippen LogP contribution in [0.2, 0.25) is 18.1 Å². The van der Waals surface area contributed by atoms with E-state index >= 15 is 0 Å². The number of fused-ring (bicyclic) bond motifs is 3. The Kier molecular flexibility index (Phi) is 5.64. The van der Waals surface area contributed by atoms with Crippen molar-refractivity contribution < 1.29 is 14.0 Å². The molecule has 3 heterocycles. The number of hydrogen-bond donors (Lipinski definition) is 0. The molecule has 0 radical (unpaired) electrons. The topological polar surface area (TPSA) is 51.7 Å². The molecular formula is C19H29BrN2O3Si. The first-order chi connectivity index (χ1) is 12.1. The van der Waals surface area contributed by atoms with Gasteiger partial charge in [0.1, 0.15) is 5.82 Å². The second-order valence-electron chi connectivity index (χ2n) is 8.74. The van der Waals surface area contributed by atoms with Crippen molar-refractivity contribution in [2.45, 2.75) is 51.2 Å². The lowest BCUT2D eigenvalue weighted by atomic mass is 9.79. The molecule has 0 N–H and O–H groups in total. The summed E-state index contributed by atoms with van der Waals surface area (Å²) < 4.78 is 12.9. The third-order valence-electron chi connectivity index (χ3n) is 6.04. The quantitative estimate of drug-likeness (QED) is 0.653. The highest BCUT2D eigenvalue weighted by molar-refractivity contribution is 9.10. The van der Waals surface area contributed by atoms with Gasteiger partial charge in [-0.05, 0) is 46.5 Å². The Morgan fingerprint density at radius 3 is 2.81 bits per heavy atom. The van der Waals surface area contributed by atoms with Gasteiger partial charge in [0.2, 0.25) is 5.91 Å². The molecule has 1 fully saturated rings. The molecule has 26 heavy (non-hydrogen) atoms. The van der Waals surface area contributed by atoms with Gasteiger partial charge in [-0.1, -0.05) is 20.8 Å². The Hall–Kier alpha value is -0.763. The van der Waals surface area contributed by atoms with E-state index in [0.717, 1.165) is 22.3 Å². The Balaban J connectivity index is 1.81. The van der Waals surface area contributed by atoms with E-state index in [9.17, 15) is 4.79 Å². The average Bonchev–Trinajstić information content (AvgIpc) is 2.57. The van der Waals surface area contributed by atoms with Gasteiger partial charge in [-0.25, -0.2) is 4.98 Å². The second kappa shape index (κ2) is 7.34. The van der Waals surface area contributed by atoms with Crippen LogP contribution in [0.4, 0.5) is 5.82 Å². The molecule has 2 atom stereocenters. The summed E-state index contributed by atoms with van der Waals surface area (Å²) in [7, 11) is -1.84. The SMILES string of the molecule is CC(C)(C)[Si](C)(C)OCCN1C(=O)[C@@H]2COCC[C@H]2c2cc(Br)cnc21. The van der Waals surface area contributed by atoms with E-state index < -0.39 is 8.32 Å². The summed E-state index contributed by atoms with van der Waals surface area (Å²) in [5.41, 5.74) is 1.15. The minimum Gasteiger partial charge on any atom is -0.415 e. The van der Waals surface area contributed by atoms with Gasteiger partial charge in [-0.3, -0.25) is 9.69 Å². The summed E-state index contributed by atoms with van der Waals surface area (Å²) >= 11 is 3.53. The monoisotopic (exact) mass is 440 g/mol. The molecule has 0 bridgehead atoms. The smallest absolute Gasteiger partial charge is 0.234 e. The zero-order valence-electron chi connectivity index (χ0n) is 16.3. The van der Waals surface area contributed by atoms with E-state index in [1.165, 1.54) is 0 Å². The molecule has 7 heteroatoms. The number of anilines is 1. The van der Waals surface area contributed by atoms with Crippen molar-refractivity contribution in [3.63, 3.8) is 0 Å². The Morgan fingerprint density at radius 2 is 2.12 bits per heavy atom. The van der Waals surface area contributed by atoms with Gasteiger partial charge in [0.05, 0.1) is 19.1 Å². The van der Waals surface area contributed by atoms with Gasteiger partial charge in [-0.15, -0.1) is 0 Å². The van der Waals surface area contributed by atoms with Crippen molar-refractivity contribution >= 4 is 36.0 Å². The zero-order chi connectivity index (χ0) is 19.1. The normalized spacial score (nSPS) is 23.6. The van der Waals surface area contributed by atoms with Crippen LogP contribution in [0.15, 0.2) is 16.7 Å². The molecule has 1 amide bonds. The van der Waals surface area contributed by atoms with E-state index in [2.05, 4.69) is 60.8 Å². The van der Waals surface area contributed by atoms with E-state index in [4.69, 9.17) is 9.16 Å². The molecule has 0 spiro atoms. The van der Waals surface area contributed by atoms with Gasteiger partial charge < -0.3 is 9.16 Å². The van der Waals surface area contributed by atoms with Crippen LogP contribution in [-0.4, -0.2) is 45.6 Å². The minimum absolute atomic E-state index is 0.111. The first-order valence-electron chi connectivity index (χ1n) is 9.30. The number of halogens is 1. The lowest BCUT2D eigenvalue weighted by Gasteiger charge is -2.41. The van der Waals surface area contributed by atoms with Gasteiger partial charge in [0.15, 0.2) is 8.32 Å². The summed E-state index contributed by atoms with van der Waals surface area (Å²) in [6.07, 6.45) is 2.64. The lowest BCUT2D eigenvalue weighted by molar-refractivity contribution is -0.128. The van der Waals surface area contributed by atoms with Gasteiger partial charge in [-0.2, -0.15) is 0 Å². The average molecular weight is 441 g/mol. The standard InChI is InChI=1S/C19H29BrN2O3Si/c1-19(2,3)26(4,5)25-9-7-22-17-15(10-13(20)11-21-17)14-6-8-24-12-16(14)18(22)23/h10-11,14,16H,6-9,12H2,1-5H3/t14-,16+/m0/s1. The fraction of sp³-hybridized carbons (Fsp3) is 0.684. The molecule has 0 aromatic carbocycles. The first kappa shape index (κ1) is 20.0. The van der Waals surface area contributed by atoms with Crippen molar-refractivity contribution in [3.8, 4) is 0 Å². The van der Waals surface area contributed by atoms with Gasteiger partial charge in [0, 0.05) is 35.3 Å². The van der Waals surface area contributed by atoms with Crippen LogP contribution in [0.25, 0.3) is 0 Å². The number of pyridine rings is 1. The Morgan fingerprint density at radius 1 is 1.38 bits per heavy atom. The molecule has 0 aliphatic carbocycles. The van der Waals surface area contributed by atoms with Crippen LogP contribution < -0.4 is 4.90 Å².